The number of rotatable bonds is 11. The Balaban J connectivity index is 1.58. The molecule has 0 aromatic heterocycles. The fraction of sp³-hybridized carbons (Fsp3) is 0.375. The van der Waals surface area contributed by atoms with Crippen LogP contribution >= 0.6 is 11.8 Å². The number of carbonyl (C=O) groups is 2. The average molecular weight is 533 g/mol. The van der Waals surface area contributed by atoms with Crippen molar-refractivity contribution in [2.45, 2.75) is 69.8 Å². The zero-order valence-corrected chi connectivity index (χ0v) is 22.9. The highest BCUT2D eigenvalue weighted by atomic mass is 32.2. The summed E-state index contributed by atoms with van der Waals surface area (Å²) >= 11 is 1.38. The van der Waals surface area contributed by atoms with Crippen molar-refractivity contribution < 1.29 is 14.0 Å². The minimum absolute atomic E-state index is 0.0956. The van der Waals surface area contributed by atoms with E-state index in [4.69, 9.17) is 0 Å². The maximum atomic E-state index is 14.1. The molecule has 1 atom stereocenters. The number of benzene rings is 3. The number of hydrogen-bond acceptors (Lipinski definition) is 3. The third-order valence-electron chi connectivity index (χ3n) is 7.27. The number of nitrogens with zero attached hydrogens (tertiary/aromatic N) is 1. The standard InChI is InChI=1S/C32H37FN2O2S/c1-24-12-8-9-15-26(24)21-35(31(36)23-38-22-27-16-10-11-19-29(27)33)30(20-25-13-4-2-5-14-25)32(37)34-28-17-6-3-7-18-28/h2,4-5,8-16,19,28,30H,3,6-7,17-18,20-23H2,1H3,(H,34,37)/t30-/m1/s1. The second-order valence-corrected chi connectivity index (χ2v) is 11.1. The van der Waals surface area contributed by atoms with E-state index in [9.17, 15) is 14.0 Å². The van der Waals surface area contributed by atoms with Crippen LogP contribution in [0.5, 0.6) is 0 Å². The maximum absolute atomic E-state index is 14.1. The zero-order chi connectivity index (χ0) is 26.7. The normalized spacial score (nSPS) is 14.6. The van der Waals surface area contributed by atoms with Crippen LogP contribution in [-0.2, 0) is 28.3 Å². The number of aryl methyl sites for hydroxylation is 1. The van der Waals surface area contributed by atoms with Gasteiger partial charge in [-0.05, 0) is 48.1 Å². The predicted molar refractivity (Wildman–Crippen MR) is 153 cm³/mol. The lowest BCUT2D eigenvalue weighted by molar-refractivity contribution is -0.139. The maximum Gasteiger partial charge on any atom is 0.243 e. The molecule has 0 aliphatic heterocycles. The molecular weight excluding hydrogens is 495 g/mol. The molecule has 1 N–H and O–H groups in total. The van der Waals surface area contributed by atoms with Crippen molar-refractivity contribution in [2.75, 3.05) is 5.75 Å². The van der Waals surface area contributed by atoms with Gasteiger partial charge in [0.1, 0.15) is 11.9 Å². The van der Waals surface area contributed by atoms with E-state index >= 15 is 0 Å². The van der Waals surface area contributed by atoms with Crippen molar-refractivity contribution in [2.24, 2.45) is 0 Å². The van der Waals surface area contributed by atoms with E-state index in [1.165, 1.54) is 24.2 Å². The molecule has 1 aliphatic carbocycles. The van der Waals surface area contributed by atoms with Crippen molar-refractivity contribution >= 4 is 23.6 Å². The molecule has 1 aliphatic rings. The van der Waals surface area contributed by atoms with E-state index in [1.807, 2.05) is 61.5 Å². The number of thioether (sulfide) groups is 1. The molecule has 38 heavy (non-hydrogen) atoms. The summed E-state index contributed by atoms with van der Waals surface area (Å²) in [6.45, 7) is 2.38. The third kappa shape index (κ3) is 7.94. The molecule has 6 heteroatoms. The van der Waals surface area contributed by atoms with E-state index in [0.29, 0.717) is 24.3 Å². The predicted octanol–water partition coefficient (Wildman–Crippen LogP) is 6.46. The molecule has 3 aromatic rings. The van der Waals surface area contributed by atoms with Gasteiger partial charge in [0.2, 0.25) is 11.8 Å². The van der Waals surface area contributed by atoms with Crippen LogP contribution in [0, 0.1) is 12.7 Å². The van der Waals surface area contributed by atoms with Gasteiger partial charge < -0.3 is 10.2 Å². The number of amides is 2. The van der Waals surface area contributed by atoms with Gasteiger partial charge >= 0.3 is 0 Å². The van der Waals surface area contributed by atoms with Crippen LogP contribution in [0.15, 0.2) is 78.9 Å². The summed E-state index contributed by atoms with van der Waals surface area (Å²) in [7, 11) is 0. The molecule has 0 heterocycles. The lowest BCUT2D eigenvalue weighted by Crippen LogP contribution is -2.53. The highest BCUT2D eigenvalue weighted by molar-refractivity contribution is 7.99. The summed E-state index contributed by atoms with van der Waals surface area (Å²) in [5.74, 6) is 0.0883. The summed E-state index contributed by atoms with van der Waals surface area (Å²) < 4.78 is 14.1. The van der Waals surface area contributed by atoms with Crippen LogP contribution in [-0.4, -0.2) is 34.6 Å². The monoisotopic (exact) mass is 532 g/mol. The van der Waals surface area contributed by atoms with Gasteiger partial charge in [0, 0.05) is 24.8 Å². The SMILES string of the molecule is Cc1ccccc1CN(C(=O)CSCc1ccccc1F)[C@H](Cc1ccccc1)C(=O)NC1CCCCC1. The Labute approximate surface area is 230 Å². The van der Waals surface area contributed by atoms with E-state index < -0.39 is 6.04 Å². The van der Waals surface area contributed by atoms with Crippen LogP contribution in [0.3, 0.4) is 0 Å². The minimum Gasteiger partial charge on any atom is -0.352 e. The minimum atomic E-state index is -0.638. The number of hydrogen-bond donors (Lipinski definition) is 1. The van der Waals surface area contributed by atoms with Crippen molar-refractivity contribution in [1.29, 1.82) is 0 Å². The van der Waals surface area contributed by atoms with Crippen LogP contribution in [0.25, 0.3) is 0 Å². The first-order valence-electron chi connectivity index (χ1n) is 13.5. The van der Waals surface area contributed by atoms with Gasteiger partial charge in [-0.1, -0.05) is 92.1 Å². The highest BCUT2D eigenvalue weighted by Gasteiger charge is 2.32. The summed E-state index contributed by atoms with van der Waals surface area (Å²) in [5.41, 5.74) is 3.68. The van der Waals surface area contributed by atoms with Crippen LogP contribution < -0.4 is 5.32 Å². The lowest BCUT2D eigenvalue weighted by atomic mass is 9.94. The summed E-state index contributed by atoms with van der Waals surface area (Å²) in [6, 6.07) is 24.0. The molecule has 0 bridgehead atoms. The van der Waals surface area contributed by atoms with Gasteiger partial charge in [-0.25, -0.2) is 4.39 Å². The summed E-state index contributed by atoms with van der Waals surface area (Å²) in [5, 5.41) is 3.28. The van der Waals surface area contributed by atoms with E-state index in [2.05, 4.69) is 5.32 Å². The largest absolute Gasteiger partial charge is 0.352 e. The molecule has 3 aromatic carbocycles. The topological polar surface area (TPSA) is 49.4 Å². The molecule has 0 unspecified atom stereocenters. The summed E-state index contributed by atoms with van der Waals surface area (Å²) in [6.07, 6.45) is 5.84. The molecule has 0 saturated heterocycles. The Morgan fingerprint density at radius 2 is 1.58 bits per heavy atom. The van der Waals surface area contributed by atoms with Crippen molar-refractivity contribution in [3.05, 3.63) is 107 Å². The van der Waals surface area contributed by atoms with Gasteiger partial charge in [-0.2, -0.15) is 0 Å². The zero-order valence-electron chi connectivity index (χ0n) is 22.1. The Kier molecular flexibility index (Phi) is 10.4. The number of carbonyl (C=O) groups excluding carboxylic acids is 2. The van der Waals surface area contributed by atoms with Crippen LogP contribution in [0.1, 0.15) is 54.4 Å². The molecule has 4 rings (SSSR count). The van der Waals surface area contributed by atoms with Crippen molar-refractivity contribution in [1.82, 2.24) is 10.2 Å². The second kappa shape index (κ2) is 14.1. The molecule has 0 radical (unpaired) electrons. The molecule has 200 valence electrons. The first-order chi connectivity index (χ1) is 18.5. The number of halogens is 1. The Bertz CT molecular complexity index is 1200. The van der Waals surface area contributed by atoms with E-state index in [-0.39, 0.29) is 29.4 Å². The van der Waals surface area contributed by atoms with E-state index in [1.54, 1.807) is 23.1 Å². The smallest absolute Gasteiger partial charge is 0.243 e. The van der Waals surface area contributed by atoms with Gasteiger partial charge in [0.05, 0.1) is 5.75 Å². The number of nitrogens with one attached hydrogen (secondary N) is 1. The molecule has 4 nitrogen and oxygen atoms in total. The average Bonchev–Trinajstić information content (AvgIpc) is 2.93. The molecular formula is C32H37FN2O2S. The fourth-order valence-corrected chi connectivity index (χ4v) is 5.91. The second-order valence-electron chi connectivity index (χ2n) is 10.1. The fourth-order valence-electron chi connectivity index (χ4n) is 5.02. The van der Waals surface area contributed by atoms with Crippen molar-refractivity contribution in [3.63, 3.8) is 0 Å². The molecule has 1 saturated carbocycles. The Morgan fingerprint density at radius 1 is 0.921 bits per heavy atom. The Morgan fingerprint density at radius 3 is 2.29 bits per heavy atom. The van der Waals surface area contributed by atoms with Crippen LogP contribution in [0.4, 0.5) is 4.39 Å². The van der Waals surface area contributed by atoms with E-state index in [0.717, 1.165) is 42.4 Å². The first-order valence-corrected chi connectivity index (χ1v) is 14.7. The lowest BCUT2D eigenvalue weighted by Gasteiger charge is -2.34. The summed E-state index contributed by atoms with van der Waals surface area (Å²) in [4.78, 5) is 29.3. The Hall–Kier alpha value is -3.12. The highest BCUT2D eigenvalue weighted by Crippen LogP contribution is 2.22. The molecule has 1 fully saturated rings. The van der Waals surface area contributed by atoms with Gasteiger partial charge in [0.15, 0.2) is 0 Å². The van der Waals surface area contributed by atoms with Crippen molar-refractivity contribution in [3.8, 4) is 0 Å². The van der Waals surface area contributed by atoms with Gasteiger partial charge in [0.25, 0.3) is 0 Å². The molecule has 0 spiro atoms. The quantitative estimate of drug-likeness (QED) is 0.309. The molecule has 2 amide bonds. The van der Waals surface area contributed by atoms with Gasteiger partial charge in [-0.15, -0.1) is 11.8 Å². The van der Waals surface area contributed by atoms with Gasteiger partial charge in [-0.3, -0.25) is 9.59 Å². The first kappa shape index (κ1) is 27.9. The third-order valence-corrected chi connectivity index (χ3v) is 8.23. The van der Waals surface area contributed by atoms with Crippen LogP contribution in [0.2, 0.25) is 0 Å².